The molecule has 7 heteroatoms. The molecule has 0 aliphatic rings. The molecule has 0 aliphatic heterocycles. The van der Waals surface area contributed by atoms with Gasteiger partial charge in [-0.2, -0.15) is 0 Å². The van der Waals surface area contributed by atoms with Gasteiger partial charge in [-0.15, -0.1) is 0 Å². The number of anilines is 1. The van der Waals surface area contributed by atoms with Crippen LogP contribution in [-0.4, -0.2) is 13.5 Å². The summed E-state index contributed by atoms with van der Waals surface area (Å²) in [5, 5.41) is 9.91. The zero-order valence-electron chi connectivity index (χ0n) is 13.6. The molecule has 0 heterocycles. The van der Waals surface area contributed by atoms with E-state index in [1.165, 1.54) is 12.1 Å². The molecule has 24 heavy (non-hydrogen) atoms. The molecule has 0 atom stereocenters. The molecule has 0 spiro atoms. The summed E-state index contributed by atoms with van der Waals surface area (Å²) in [5.74, 6) is -2.73. The first kappa shape index (κ1) is 18.2. The van der Waals surface area contributed by atoms with Crippen LogP contribution in [0.25, 0.3) is 0 Å². The quantitative estimate of drug-likeness (QED) is 0.792. The predicted octanol–water partition coefficient (Wildman–Crippen LogP) is 4.16. The van der Waals surface area contributed by atoms with Gasteiger partial charge in [0.2, 0.25) is 0 Å². The number of nitrogens with one attached hydrogen (secondary N) is 1. The van der Waals surface area contributed by atoms with Crippen LogP contribution in [0.1, 0.15) is 32.8 Å². The van der Waals surface area contributed by atoms with E-state index < -0.39 is 26.6 Å². The molecule has 0 amide bonds. The second-order valence-corrected chi connectivity index (χ2v) is 7.74. The first-order valence-corrected chi connectivity index (χ1v) is 8.87. The van der Waals surface area contributed by atoms with E-state index in [1.807, 2.05) is 20.8 Å². The number of hydrogen-bond acceptors (Lipinski definition) is 3. The molecule has 0 radical (unpaired) electrons. The van der Waals surface area contributed by atoms with E-state index in [2.05, 4.69) is 4.72 Å². The van der Waals surface area contributed by atoms with Gasteiger partial charge in [0, 0.05) is 0 Å². The molecular formula is C17H19F2NO3S. The van der Waals surface area contributed by atoms with E-state index in [1.54, 1.807) is 6.07 Å². The van der Waals surface area contributed by atoms with Crippen molar-refractivity contribution in [3.63, 3.8) is 0 Å². The van der Waals surface area contributed by atoms with Crippen LogP contribution in [0.2, 0.25) is 0 Å². The Kier molecular flexibility index (Phi) is 4.85. The first-order chi connectivity index (χ1) is 11.1. The number of sulfonamides is 1. The lowest BCUT2D eigenvalue weighted by Crippen LogP contribution is -2.18. The van der Waals surface area contributed by atoms with Crippen LogP contribution in [-0.2, 0) is 15.4 Å². The molecule has 0 fully saturated rings. The van der Waals surface area contributed by atoms with Gasteiger partial charge >= 0.3 is 0 Å². The fraction of sp³-hybridized carbons (Fsp3) is 0.294. The van der Waals surface area contributed by atoms with Crippen molar-refractivity contribution < 1.29 is 22.3 Å². The average Bonchev–Trinajstić information content (AvgIpc) is 2.48. The van der Waals surface area contributed by atoms with E-state index in [9.17, 15) is 22.3 Å². The van der Waals surface area contributed by atoms with Gasteiger partial charge in [0.15, 0.2) is 4.90 Å². The molecular weight excluding hydrogens is 336 g/mol. The SMILES string of the molecule is CCC(C)(C)c1ccc(O)c(NS(=O)(=O)c2c(F)cccc2F)c1. The average molecular weight is 355 g/mol. The third-order valence-corrected chi connectivity index (χ3v) is 5.51. The van der Waals surface area contributed by atoms with Gasteiger partial charge in [-0.3, -0.25) is 4.72 Å². The van der Waals surface area contributed by atoms with Gasteiger partial charge in [-0.05, 0) is 41.7 Å². The van der Waals surface area contributed by atoms with Crippen LogP contribution in [0.15, 0.2) is 41.3 Å². The van der Waals surface area contributed by atoms with Crippen molar-refractivity contribution in [2.75, 3.05) is 4.72 Å². The van der Waals surface area contributed by atoms with Crippen molar-refractivity contribution in [3.05, 3.63) is 53.6 Å². The maximum Gasteiger partial charge on any atom is 0.267 e. The Balaban J connectivity index is 2.49. The summed E-state index contributed by atoms with van der Waals surface area (Å²) in [6, 6.07) is 7.28. The Morgan fingerprint density at radius 1 is 1.12 bits per heavy atom. The number of halogens is 2. The smallest absolute Gasteiger partial charge is 0.267 e. The predicted molar refractivity (Wildman–Crippen MR) is 88.6 cm³/mol. The minimum absolute atomic E-state index is 0.128. The van der Waals surface area contributed by atoms with Gasteiger partial charge in [-0.1, -0.05) is 32.9 Å². The van der Waals surface area contributed by atoms with Crippen LogP contribution >= 0.6 is 0 Å². The van der Waals surface area contributed by atoms with Crippen LogP contribution in [0.4, 0.5) is 14.5 Å². The van der Waals surface area contributed by atoms with E-state index in [4.69, 9.17) is 0 Å². The monoisotopic (exact) mass is 355 g/mol. The highest BCUT2D eigenvalue weighted by atomic mass is 32.2. The Hall–Kier alpha value is -2.15. The summed E-state index contributed by atoms with van der Waals surface area (Å²) in [5.41, 5.74) is 0.406. The van der Waals surface area contributed by atoms with Crippen molar-refractivity contribution in [2.45, 2.75) is 37.5 Å². The second-order valence-electron chi connectivity index (χ2n) is 6.13. The fourth-order valence-corrected chi connectivity index (χ4v) is 3.38. The van der Waals surface area contributed by atoms with Gasteiger partial charge in [0.05, 0.1) is 5.69 Å². The second kappa shape index (κ2) is 6.39. The summed E-state index contributed by atoms with van der Waals surface area (Å²) in [4.78, 5) is -1.08. The van der Waals surface area contributed by atoms with Gasteiger partial charge in [-0.25, -0.2) is 17.2 Å². The topological polar surface area (TPSA) is 66.4 Å². The molecule has 0 unspecified atom stereocenters. The van der Waals surface area contributed by atoms with Crippen LogP contribution in [0, 0.1) is 11.6 Å². The fourth-order valence-electron chi connectivity index (χ4n) is 2.18. The maximum absolute atomic E-state index is 13.8. The summed E-state index contributed by atoms with van der Waals surface area (Å²) in [6.07, 6.45) is 0.784. The third-order valence-electron chi connectivity index (χ3n) is 4.09. The zero-order valence-corrected chi connectivity index (χ0v) is 14.4. The molecule has 2 rings (SSSR count). The first-order valence-electron chi connectivity index (χ1n) is 7.39. The molecule has 2 aromatic rings. The number of benzene rings is 2. The van der Waals surface area contributed by atoms with Gasteiger partial charge in [0.1, 0.15) is 17.4 Å². The van der Waals surface area contributed by atoms with E-state index >= 15 is 0 Å². The van der Waals surface area contributed by atoms with Gasteiger partial charge < -0.3 is 5.11 Å². The Bertz CT molecular complexity index is 844. The van der Waals surface area contributed by atoms with Crippen LogP contribution in [0.5, 0.6) is 5.75 Å². The lowest BCUT2D eigenvalue weighted by molar-refractivity contribution is 0.473. The maximum atomic E-state index is 13.8. The highest BCUT2D eigenvalue weighted by Gasteiger charge is 2.26. The van der Waals surface area contributed by atoms with E-state index in [0.717, 1.165) is 30.2 Å². The number of phenolic OH excluding ortho intramolecular Hbond substituents is 1. The Morgan fingerprint density at radius 3 is 2.25 bits per heavy atom. The largest absolute Gasteiger partial charge is 0.506 e. The number of phenols is 1. The molecule has 0 aromatic heterocycles. The van der Waals surface area contributed by atoms with Crippen molar-refractivity contribution >= 4 is 15.7 Å². The normalized spacial score (nSPS) is 12.2. The summed E-state index contributed by atoms with van der Waals surface area (Å²) >= 11 is 0. The number of rotatable bonds is 5. The lowest BCUT2D eigenvalue weighted by Gasteiger charge is -2.24. The summed E-state index contributed by atoms with van der Waals surface area (Å²) in [6.45, 7) is 5.91. The molecule has 0 bridgehead atoms. The van der Waals surface area contributed by atoms with Gasteiger partial charge in [0.25, 0.3) is 10.0 Å². The van der Waals surface area contributed by atoms with E-state index in [-0.39, 0.29) is 16.9 Å². The molecule has 130 valence electrons. The standard InChI is InChI=1S/C17H19F2NO3S/c1-4-17(2,3)11-8-9-15(21)14(10-11)20-24(22,23)16-12(18)6-5-7-13(16)19/h5-10,20-21H,4H2,1-3H3. The highest BCUT2D eigenvalue weighted by molar-refractivity contribution is 7.92. The Labute approximate surface area is 140 Å². The molecule has 0 aliphatic carbocycles. The lowest BCUT2D eigenvalue weighted by atomic mass is 9.82. The number of hydrogen-bond donors (Lipinski definition) is 2. The molecule has 2 N–H and O–H groups in total. The number of aromatic hydroxyl groups is 1. The summed E-state index contributed by atoms with van der Waals surface area (Å²) in [7, 11) is -4.53. The minimum Gasteiger partial charge on any atom is -0.506 e. The van der Waals surface area contributed by atoms with Crippen LogP contribution in [0.3, 0.4) is 0 Å². The third kappa shape index (κ3) is 3.51. The molecule has 2 aromatic carbocycles. The Morgan fingerprint density at radius 2 is 1.71 bits per heavy atom. The van der Waals surface area contributed by atoms with Crippen molar-refractivity contribution in [1.82, 2.24) is 0 Å². The molecule has 0 saturated carbocycles. The highest BCUT2D eigenvalue weighted by Crippen LogP contribution is 2.34. The summed E-state index contributed by atoms with van der Waals surface area (Å²) < 4.78 is 54.2. The molecule has 0 saturated heterocycles. The van der Waals surface area contributed by atoms with Crippen molar-refractivity contribution in [3.8, 4) is 5.75 Å². The van der Waals surface area contributed by atoms with Crippen molar-refractivity contribution in [1.29, 1.82) is 0 Å². The van der Waals surface area contributed by atoms with Crippen LogP contribution < -0.4 is 4.72 Å². The zero-order chi connectivity index (χ0) is 18.1. The molecule has 4 nitrogen and oxygen atoms in total. The minimum atomic E-state index is -4.53. The van der Waals surface area contributed by atoms with Crippen molar-refractivity contribution in [2.24, 2.45) is 0 Å². The van der Waals surface area contributed by atoms with E-state index in [0.29, 0.717) is 0 Å².